The van der Waals surface area contributed by atoms with Crippen molar-refractivity contribution < 1.29 is 27.9 Å². The number of sulfonamides is 1. The fraction of sp³-hybridized carbons (Fsp3) is 0.458. The van der Waals surface area contributed by atoms with Crippen LogP contribution in [0.3, 0.4) is 0 Å². The zero-order chi connectivity index (χ0) is 24.3. The lowest BCUT2D eigenvalue weighted by molar-refractivity contribution is -0.148. The van der Waals surface area contributed by atoms with Crippen molar-refractivity contribution in [1.82, 2.24) is 4.98 Å². The van der Waals surface area contributed by atoms with Crippen LogP contribution in [-0.4, -0.2) is 50.1 Å². The Hall–Kier alpha value is -3.14. The van der Waals surface area contributed by atoms with Crippen molar-refractivity contribution in [2.45, 2.75) is 50.3 Å². The van der Waals surface area contributed by atoms with E-state index >= 15 is 0 Å². The molecule has 1 aliphatic carbocycles. The number of anilines is 2. The van der Waals surface area contributed by atoms with E-state index < -0.39 is 16.0 Å². The molecule has 1 saturated heterocycles. The molecule has 182 valence electrons. The number of carbonyl (C=O) groups is 2. The molecular weight excluding hydrogens is 458 g/mol. The summed E-state index contributed by atoms with van der Waals surface area (Å²) < 4.78 is 33.5. The van der Waals surface area contributed by atoms with Gasteiger partial charge in [-0.2, -0.15) is 0 Å². The molecule has 2 N–H and O–H groups in total. The molecule has 0 saturated carbocycles. The molecule has 2 heterocycles. The molecule has 0 spiro atoms. The summed E-state index contributed by atoms with van der Waals surface area (Å²) in [4.78, 5) is 30.2. The first-order valence-electron chi connectivity index (χ1n) is 11.6. The van der Waals surface area contributed by atoms with Gasteiger partial charge in [0.2, 0.25) is 0 Å². The van der Waals surface area contributed by atoms with Gasteiger partial charge in [0.25, 0.3) is 10.0 Å². The van der Waals surface area contributed by atoms with Gasteiger partial charge in [-0.15, -0.1) is 0 Å². The number of aryl methyl sites for hydroxylation is 2. The van der Waals surface area contributed by atoms with Crippen LogP contribution < -0.4 is 9.62 Å². The molecule has 34 heavy (non-hydrogen) atoms. The Morgan fingerprint density at radius 2 is 1.85 bits per heavy atom. The third-order valence-electron chi connectivity index (χ3n) is 6.39. The van der Waals surface area contributed by atoms with Crippen molar-refractivity contribution in [3.05, 3.63) is 47.2 Å². The Morgan fingerprint density at radius 1 is 1.15 bits per heavy atom. The highest BCUT2D eigenvalue weighted by molar-refractivity contribution is 7.92. The maximum Gasteiger partial charge on any atom is 0.339 e. The predicted octanol–water partition coefficient (Wildman–Crippen LogP) is 3.24. The number of aromatic carboxylic acids is 1. The quantitative estimate of drug-likeness (QED) is 0.570. The number of ether oxygens (including phenoxy) is 1. The van der Waals surface area contributed by atoms with Gasteiger partial charge < -0.3 is 14.7 Å². The number of rotatable bonds is 7. The van der Waals surface area contributed by atoms with Gasteiger partial charge in [-0.3, -0.25) is 9.52 Å². The number of hydrogen-bond donors (Lipinski definition) is 2. The number of carbonyl (C=O) groups excluding carboxylic acids is 1. The first-order valence-corrected chi connectivity index (χ1v) is 13.1. The van der Waals surface area contributed by atoms with Crippen LogP contribution in [0.4, 0.5) is 11.5 Å². The molecule has 1 aromatic carbocycles. The van der Waals surface area contributed by atoms with Crippen LogP contribution in [0, 0.1) is 5.92 Å². The van der Waals surface area contributed by atoms with E-state index in [0.717, 1.165) is 31.2 Å². The highest BCUT2D eigenvalue weighted by Crippen LogP contribution is 2.29. The van der Waals surface area contributed by atoms with Crippen LogP contribution in [0.2, 0.25) is 0 Å². The Morgan fingerprint density at radius 3 is 2.53 bits per heavy atom. The fourth-order valence-corrected chi connectivity index (χ4v) is 5.69. The lowest BCUT2D eigenvalue weighted by atomic mass is 9.92. The monoisotopic (exact) mass is 487 g/mol. The first-order chi connectivity index (χ1) is 16.3. The first kappa shape index (κ1) is 24.0. The largest absolute Gasteiger partial charge is 0.478 e. The summed E-state index contributed by atoms with van der Waals surface area (Å²) in [5.41, 5.74) is 2.21. The summed E-state index contributed by atoms with van der Waals surface area (Å²) in [5.74, 6) is -1.40. The third kappa shape index (κ3) is 5.16. The van der Waals surface area contributed by atoms with E-state index in [2.05, 4.69) is 9.71 Å². The molecule has 0 amide bonds. The van der Waals surface area contributed by atoms with E-state index in [9.17, 15) is 23.1 Å². The molecule has 9 nitrogen and oxygen atoms in total. The zero-order valence-electron chi connectivity index (χ0n) is 19.1. The zero-order valence-corrected chi connectivity index (χ0v) is 19.9. The van der Waals surface area contributed by atoms with Crippen molar-refractivity contribution in [2.75, 3.05) is 29.3 Å². The Labute approximate surface area is 199 Å². The second kappa shape index (κ2) is 10.0. The number of pyridine rings is 1. The Bertz CT molecular complexity index is 1190. The summed E-state index contributed by atoms with van der Waals surface area (Å²) in [5, 5.41) is 9.76. The van der Waals surface area contributed by atoms with Crippen LogP contribution in [0.5, 0.6) is 0 Å². The SMILES string of the molecule is CCOC(=O)C1CCN(c2ncc(NS(=O)(=O)c3ccc4c(c3)CCCC4)cc2C(=O)O)CC1. The van der Waals surface area contributed by atoms with Crippen LogP contribution in [0.25, 0.3) is 0 Å². The smallest absolute Gasteiger partial charge is 0.339 e. The van der Waals surface area contributed by atoms with Crippen molar-refractivity contribution in [3.8, 4) is 0 Å². The number of aromatic nitrogens is 1. The Balaban J connectivity index is 1.52. The van der Waals surface area contributed by atoms with Crippen LogP contribution in [-0.2, 0) is 32.4 Å². The molecule has 2 aliphatic rings. The van der Waals surface area contributed by atoms with E-state index in [4.69, 9.17) is 4.74 Å². The number of fused-ring (bicyclic) bond motifs is 1. The average molecular weight is 488 g/mol. The van der Waals surface area contributed by atoms with Gasteiger partial charge in [0.05, 0.1) is 29.3 Å². The highest BCUT2D eigenvalue weighted by Gasteiger charge is 2.29. The van der Waals surface area contributed by atoms with E-state index in [1.165, 1.54) is 17.8 Å². The molecule has 0 radical (unpaired) electrons. The molecular formula is C24H29N3O6S. The normalized spacial score (nSPS) is 16.6. The summed E-state index contributed by atoms with van der Waals surface area (Å²) >= 11 is 0. The lowest BCUT2D eigenvalue weighted by Crippen LogP contribution is -2.38. The van der Waals surface area contributed by atoms with Gasteiger partial charge in [0.1, 0.15) is 11.4 Å². The maximum atomic E-state index is 13.0. The number of nitrogens with zero attached hydrogens (tertiary/aromatic N) is 2. The lowest BCUT2D eigenvalue weighted by Gasteiger charge is -2.32. The number of carboxylic acids is 1. The molecule has 1 aliphatic heterocycles. The minimum atomic E-state index is -3.90. The van der Waals surface area contributed by atoms with Gasteiger partial charge >= 0.3 is 11.9 Å². The van der Waals surface area contributed by atoms with Crippen molar-refractivity contribution in [1.29, 1.82) is 0 Å². The molecule has 4 rings (SSSR count). The number of carboxylic acid groups (broad SMARTS) is 1. The second-order valence-corrected chi connectivity index (χ2v) is 10.3. The van der Waals surface area contributed by atoms with Gasteiger partial charge in [-0.25, -0.2) is 18.2 Å². The third-order valence-corrected chi connectivity index (χ3v) is 7.77. The molecule has 0 atom stereocenters. The fourth-order valence-electron chi connectivity index (χ4n) is 4.60. The second-order valence-electron chi connectivity index (χ2n) is 8.66. The number of benzene rings is 1. The van der Waals surface area contributed by atoms with Gasteiger partial charge in [0.15, 0.2) is 0 Å². The highest BCUT2D eigenvalue weighted by atomic mass is 32.2. The van der Waals surface area contributed by atoms with Gasteiger partial charge in [0, 0.05) is 13.1 Å². The maximum absolute atomic E-state index is 13.0. The summed E-state index contributed by atoms with van der Waals surface area (Å²) in [7, 11) is -3.90. The number of nitrogens with one attached hydrogen (secondary N) is 1. The molecule has 1 aromatic heterocycles. The summed E-state index contributed by atoms with van der Waals surface area (Å²) in [6, 6.07) is 6.43. The standard InChI is InChI=1S/C24H29N3O6S/c1-2-33-24(30)17-9-11-27(12-10-17)22-21(23(28)29)14-19(15-25-22)26-34(31,32)20-8-7-16-5-3-4-6-18(16)13-20/h7-8,13-15,17,26H,2-6,9-12H2,1H3,(H,28,29). The van der Waals surface area contributed by atoms with E-state index in [1.807, 2.05) is 6.07 Å². The summed E-state index contributed by atoms with van der Waals surface area (Å²) in [6.45, 7) is 3.00. The van der Waals surface area contributed by atoms with Gasteiger partial charge in [-0.05, 0) is 74.8 Å². The van der Waals surface area contributed by atoms with Crippen molar-refractivity contribution >= 4 is 33.5 Å². The minimum absolute atomic E-state index is 0.0836. The van der Waals surface area contributed by atoms with Crippen molar-refractivity contribution in [2.24, 2.45) is 5.92 Å². The molecule has 2 aromatic rings. The molecule has 1 fully saturated rings. The van der Waals surface area contributed by atoms with Crippen LogP contribution in [0.1, 0.15) is 54.1 Å². The molecule has 0 bridgehead atoms. The molecule has 10 heteroatoms. The van der Waals surface area contributed by atoms with Gasteiger partial charge in [-0.1, -0.05) is 6.07 Å². The minimum Gasteiger partial charge on any atom is -0.478 e. The average Bonchev–Trinajstić information content (AvgIpc) is 2.83. The summed E-state index contributed by atoms with van der Waals surface area (Å²) in [6.07, 6.45) is 6.34. The predicted molar refractivity (Wildman–Crippen MR) is 127 cm³/mol. The van der Waals surface area contributed by atoms with E-state index in [1.54, 1.807) is 24.0 Å². The van der Waals surface area contributed by atoms with E-state index in [0.29, 0.717) is 32.5 Å². The number of esters is 1. The van der Waals surface area contributed by atoms with E-state index in [-0.39, 0.29) is 33.9 Å². The number of hydrogen-bond acceptors (Lipinski definition) is 7. The number of piperidine rings is 1. The topological polar surface area (TPSA) is 126 Å². The van der Waals surface area contributed by atoms with Crippen LogP contribution >= 0.6 is 0 Å². The van der Waals surface area contributed by atoms with Crippen molar-refractivity contribution in [3.63, 3.8) is 0 Å². The molecule has 0 unspecified atom stereocenters. The van der Waals surface area contributed by atoms with Crippen LogP contribution in [0.15, 0.2) is 35.4 Å². The Kier molecular flexibility index (Phi) is 7.06.